The molecule has 0 unspecified atom stereocenters. The molecule has 18 heavy (non-hydrogen) atoms. The summed E-state index contributed by atoms with van der Waals surface area (Å²) in [6.07, 6.45) is 0. The van der Waals surface area contributed by atoms with Gasteiger partial charge in [-0.2, -0.15) is 0 Å². The molecule has 3 N–H and O–H groups in total. The van der Waals surface area contributed by atoms with Gasteiger partial charge in [-0.15, -0.1) is 0 Å². The quantitative estimate of drug-likeness (QED) is 0.812. The van der Waals surface area contributed by atoms with Crippen molar-refractivity contribution in [3.63, 3.8) is 0 Å². The Kier molecular flexibility index (Phi) is 4.70. The number of hydrogen-bond donors (Lipinski definition) is 2. The molecule has 0 aliphatic carbocycles. The summed E-state index contributed by atoms with van der Waals surface area (Å²) in [7, 11) is -3.33. The van der Waals surface area contributed by atoms with Gasteiger partial charge in [-0.3, -0.25) is 4.72 Å². The second-order valence-electron chi connectivity index (χ2n) is 4.67. The minimum atomic E-state index is -3.33. The average molecular weight is 286 g/mol. The van der Waals surface area contributed by atoms with Crippen molar-refractivity contribution >= 4 is 32.9 Å². The summed E-state index contributed by atoms with van der Waals surface area (Å²) in [5, 5.41) is 0. The Hall–Kier alpha value is -1.14. The summed E-state index contributed by atoms with van der Waals surface area (Å²) in [6, 6.07) is 5.23. The van der Waals surface area contributed by atoms with E-state index in [-0.39, 0.29) is 16.7 Å². The van der Waals surface area contributed by atoms with Crippen LogP contribution in [0.5, 0.6) is 0 Å². The van der Waals surface area contributed by atoms with Crippen LogP contribution in [0.2, 0.25) is 0 Å². The normalized spacial score (nSPS) is 11.6. The van der Waals surface area contributed by atoms with Crippen molar-refractivity contribution in [2.24, 2.45) is 11.7 Å². The molecule has 0 heterocycles. The summed E-state index contributed by atoms with van der Waals surface area (Å²) in [5.41, 5.74) is 7.55. The zero-order chi connectivity index (χ0) is 13.9. The lowest BCUT2D eigenvalue weighted by Gasteiger charge is -2.13. The molecule has 0 amide bonds. The Balaban J connectivity index is 3.04. The Labute approximate surface area is 114 Å². The Bertz CT molecular complexity index is 551. The van der Waals surface area contributed by atoms with Crippen LogP contribution in [0.4, 0.5) is 5.69 Å². The van der Waals surface area contributed by atoms with Crippen LogP contribution in [0.1, 0.15) is 25.0 Å². The third kappa shape index (κ3) is 4.27. The van der Waals surface area contributed by atoms with Gasteiger partial charge in [0.05, 0.1) is 11.4 Å². The van der Waals surface area contributed by atoms with Crippen molar-refractivity contribution < 1.29 is 8.42 Å². The lowest BCUT2D eigenvalue weighted by atomic mass is 10.1. The summed E-state index contributed by atoms with van der Waals surface area (Å²) >= 11 is 4.88. The summed E-state index contributed by atoms with van der Waals surface area (Å²) in [4.78, 5) is 0.249. The molecule has 100 valence electrons. The molecule has 0 saturated carbocycles. The minimum Gasteiger partial charge on any atom is -0.389 e. The molecule has 0 saturated heterocycles. The molecule has 0 aliphatic heterocycles. The van der Waals surface area contributed by atoms with E-state index in [1.165, 1.54) is 0 Å². The van der Waals surface area contributed by atoms with Gasteiger partial charge < -0.3 is 5.73 Å². The minimum absolute atomic E-state index is 0.0709. The number of nitrogens with one attached hydrogen (secondary N) is 1. The number of anilines is 1. The van der Waals surface area contributed by atoms with E-state index < -0.39 is 10.0 Å². The van der Waals surface area contributed by atoms with Crippen molar-refractivity contribution in [3.05, 3.63) is 29.3 Å². The predicted octanol–water partition coefficient (Wildman–Crippen LogP) is 2.03. The van der Waals surface area contributed by atoms with E-state index in [1.807, 2.05) is 20.8 Å². The Morgan fingerprint density at radius 3 is 2.56 bits per heavy atom. The highest BCUT2D eigenvalue weighted by molar-refractivity contribution is 7.92. The Morgan fingerprint density at radius 1 is 1.44 bits per heavy atom. The maximum Gasteiger partial charge on any atom is 0.232 e. The van der Waals surface area contributed by atoms with Gasteiger partial charge in [0, 0.05) is 5.56 Å². The first kappa shape index (κ1) is 14.9. The topological polar surface area (TPSA) is 72.2 Å². The highest BCUT2D eigenvalue weighted by Gasteiger charge is 2.14. The molecule has 0 bridgehead atoms. The molecule has 0 spiro atoms. The molecular formula is C12H18N2O2S2. The van der Waals surface area contributed by atoms with Crippen LogP contribution in [-0.2, 0) is 10.0 Å². The van der Waals surface area contributed by atoms with Crippen molar-refractivity contribution in [1.29, 1.82) is 0 Å². The van der Waals surface area contributed by atoms with Crippen LogP contribution in [0.3, 0.4) is 0 Å². The summed E-state index contributed by atoms with van der Waals surface area (Å²) in [6.45, 7) is 5.55. The van der Waals surface area contributed by atoms with Crippen LogP contribution < -0.4 is 10.5 Å². The van der Waals surface area contributed by atoms with Crippen molar-refractivity contribution in [3.8, 4) is 0 Å². The van der Waals surface area contributed by atoms with Crippen molar-refractivity contribution in [2.45, 2.75) is 20.8 Å². The molecular weight excluding hydrogens is 268 g/mol. The van der Waals surface area contributed by atoms with Crippen LogP contribution in [0.15, 0.2) is 18.2 Å². The molecule has 0 fully saturated rings. The van der Waals surface area contributed by atoms with Gasteiger partial charge in [-0.25, -0.2) is 8.42 Å². The maximum absolute atomic E-state index is 11.9. The lowest BCUT2D eigenvalue weighted by Crippen LogP contribution is -2.21. The van der Waals surface area contributed by atoms with E-state index in [9.17, 15) is 8.42 Å². The second-order valence-corrected chi connectivity index (χ2v) is 6.88. The zero-order valence-electron chi connectivity index (χ0n) is 10.7. The fourth-order valence-electron chi connectivity index (χ4n) is 1.53. The van der Waals surface area contributed by atoms with Crippen molar-refractivity contribution in [2.75, 3.05) is 10.5 Å². The van der Waals surface area contributed by atoms with E-state index in [0.29, 0.717) is 11.3 Å². The van der Waals surface area contributed by atoms with E-state index in [2.05, 4.69) is 4.72 Å². The average Bonchev–Trinajstić information content (AvgIpc) is 2.18. The highest BCUT2D eigenvalue weighted by Crippen LogP contribution is 2.19. The molecule has 0 radical (unpaired) electrons. The van der Waals surface area contributed by atoms with Crippen LogP contribution in [0, 0.1) is 12.8 Å². The highest BCUT2D eigenvalue weighted by atomic mass is 32.2. The number of sulfonamides is 1. The third-order valence-electron chi connectivity index (χ3n) is 2.34. The van der Waals surface area contributed by atoms with E-state index in [0.717, 1.165) is 5.56 Å². The summed E-state index contributed by atoms with van der Waals surface area (Å²) in [5.74, 6) is 0.158. The first-order valence-corrected chi connectivity index (χ1v) is 7.68. The zero-order valence-corrected chi connectivity index (χ0v) is 12.4. The second kappa shape index (κ2) is 5.67. The van der Waals surface area contributed by atoms with Crippen LogP contribution in [0.25, 0.3) is 0 Å². The molecule has 1 aromatic carbocycles. The van der Waals surface area contributed by atoms with Crippen molar-refractivity contribution in [1.82, 2.24) is 0 Å². The smallest absolute Gasteiger partial charge is 0.232 e. The maximum atomic E-state index is 11.9. The monoisotopic (exact) mass is 286 g/mol. The number of rotatable bonds is 5. The molecule has 0 aliphatic rings. The predicted molar refractivity (Wildman–Crippen MR) is 79.3 cm³/mol. The molecule has 6 heteroatoms. The molecule has 1 rings (SSSR count). The van der Waals surface area contributed by atoms with E-state index in [4.69, 9.17) is 18.0 Å². The first-order chi connectivity index (χ1) is 8.21. The number of aryl methyl sites for hydroxylation is 1. The van der Waals surface area contributed by atoms with Crippen LogP contribution >= 0.6 is 12.2 Å². The van der Waals surface area contributed by atoms with Gasteiger partial charge in [0.2, 0.25) is 10.0 Å². The SMILES string of the molecule is Cc1ccc(C(N)=S)cc1NS(=O)(=O)CC(C)C. The lowest BCUT2D eigenvalue weighted by molar-refractivity contribution is 0.587. The Morgan fingerprint density at radius 2 is 2.06 bits per heavy atom. The number of thiocarbonyl (C=S) groups is 1. The van der Waals surface area contributed by atoms with E-state index in [1.54, 1.807) is 18.2 Å². The van der Waals surface area contributed by atoms with Gasteiger partial charge in [0.15, 0.2) is 0 Å². The number of benzene rings is 1. The van der Waals surface area contributed by atoms with Gasteiger partial charge in [0.25, 0.3) is 0 Å². The standard InChI is InChI=1S/C12H18N2O2S2/c1-8(2)7-18(15,16)14-11-6-10(12(13)17)5-4-9(11)3/h4-6,8,14H,7H2,1-3H3,(H2,13,17). The van der Waals surface area contributed by atoms with Gasteiger partial charge in [0.1, 0.15) is 4.99 Å². The van der Waals surface area contributed by atoms with Crippen LogP contribution in [-0.4, -0.2) is 19.2 Å². The first-order valence-electron chi connectivity index (χ1n) is 5.62. The molecule has 1 aromatic rings. The fourth-order valence-corrected chi connectivity index (χ4v) is 3.18. The number of nitrogens with two attached hydrogens (primary N) is 1. The summed E-state index contributed by atoms with van der Waals surface area (Å²) < 4.78 is 26.3. The van der Waals surface area contributed by atoms with Gasteiger partial charge >= 0.3 is 0 Å². The van der Waals surface area contributed by atoms with Gasteiger partial charge in [-0.1, -0.05) is 38.2 Å². The molecule has 0 atom stereocenters. The van der Waals surface area contributed by atoms with E-state index >= 15 is 0 Å². The number of hydrogen-bond acceptors (Lipinski definition) is 3. The molecule has 0 aromatic heterocycles. The third-order valence-corrected chi connectivity index (χ3v) is 4.21. The van der Waals surface area contributed by atoms with Gasteiger partial charge in [-0.05, 0) is 24.5 Å². The largest absolute Gasteiger partial charge is 0.389 e. The fraction of sp³-hybridized carbons (Fsp3) is 0.417. The molecule has 4 nitrogen and oxygen atoms in total.